The van der Waals surface area contributed by atoms with Crippen molar-refractivity contribution in [3.8, 4) is 11.8 Å². The molecule has 0 saturated heterocycles. The molecule has 2 aromatic rings. The third-order valence-corrected chi connectivity index (χ3v) is 4.82. The van der Waals surface area contributed by atoms with Crippen LogP contribution in [-0.2, 0) is 9.59 Å². The predicted octanol–water partition coefficient (Wildman–Crippen LogP) is 0.304. The smallest absolute Gasteiger partial charge is 0.251 e. The van der Waals surface area contributed by atoms with Crippen molar-refractivity contribution in [2.24, 2.45) is 5.73 Å². The fraction of sp³-hybridized carbons (Fsp3) is 0.320. The quantitative estimate of drug-likeness (QED) is 0.250. The van der Waals surface area contributed by atoms with E-state index in [2.05, 4.69) is 29.4 Å². The van der Waals surface area contributed by atoms with Crippen LogP contribution in [0.1, 0.15) is 34.8 Å². The minimum Gasteiger partial charge on any atom is -0.388 e. The molecule has 0 saturated carbocycles. The number of hydrogen-bond donors (Lipinski definition) is 5. The lowest BCUT2D eigenvalue weighted by Crippen LogP contribution is -2.53. The van der Waals surface area contributed by atoms with Gasteiger partial charge in [0.1, 0.15) is 18.9 Å². The number of nitrogens with two attached hydrogens (primary N) is 1. The minimum absolute atomic E-state index is 0.0769. The molecule has 0 bridgehead atoms. The van der Waals surface area contributed by atoms with Gasteiger partial charge in [-0.05, 0) is 68.5 Å². The molecule has 0 aliphatic heterocycles. The zero-order valence-electron chi connectivity index (χ0n) is 19.2. The average Bonchev–Trinajstić information content (AvgIpc) is 2.81. The maximum Gasteiger partial charge on any atom is 0.251 e. The van der Waals surface area contributed by atoms with Crippen LogP contribution in [0.25, 0.3) is 0 Å². The van der Waals surface area contributed by atoms with Crippen LogP contribution in [-0.4, -0.2) is 71.7 Å². The van der Waals surface area contributed by atoms with E-state index in [4.69, 9.17) is 10.8 Å². The molecule has 2 rings (SSSR count). The molecule has 0 aliphatic carbocycles. The van der Waals surface area contributed by atoms with Gasteiger partial charge in [-0.3, -0.25) is 19.3 Å². The van der Waals surface area contributed by atoms with E-state index in [1.165, 1.54) is 12.1 Å². The van der Waals surface area contributed by atoms with E-state index in [1.807, 2.05) is 11.9 Å². The fourth-order valence-electron chi connectivity index (χ4n) is 3.07. The average molecular weight is 467 g/mol. The van der Waals surface area contributed by atoms with E-state index in [0.717, 1.165) is 18.5 Å². The van der Waals surface area contributed by atoms with Crippen molar-refractivity contribution >= 4 is 23.3 Å². The third kappa shape index (κ3) is 8.42. The Bertz CT molecular complexity index is 1040. The number of nitrogens with one attached hydrogen (secondary N) is 2. The van der Waals surface area contributed by atoms with Gasteiger partial charge in [-0.2, -0.15) is 0 Å². The largest absolute Gasteiger partial charge is 0.388 e. The zero-order valence-corrected chi connectivity index (χ0v) is 19.2. The SMILES string of the molecule is CCCN(C)CC(=O)Nc1ccc(C#Cc2ccc(C(=O)N[C@H](C(=O)CO)[C@@H](N)O)cc2)cc1. The minimum atomic E-state index is -1.63. The first-order valence-corrected chi connectivity index (χ1v) is 10.8. The molecule has 180 valence electrons. The van der Waals surface area contributed by atoms with Crippen molar-refractivity contribution in [3.63, 3.8) is 0 Å². The lowest BCUT2D eigenvalue weighted by atomic mass is 10.1. The Kier molecular flexibility index (Phi) is 10.4. The summed E-state index contributed by atoms with van der Waals surface area (Å²) >= 11 is 0. The van der Waals surface area contributed by atoms with Gasteiger partial charge in [0.25, 0.3) is 5.91 Å². The molecule has 0 aromatic heterocycles. The number of benzene rings is 2. The second-order valence-electron chi connectivity index (χ2n) is 7.76. The Hall–Kier alpha value is -3.55. The highest BCUT2D eigenvalue weighted by atomic mass is 16.3. The van der Waals surface area contributed by atoms with Gasteiger partial charge < -0.3 is 26.6 Å². The van der Waals surface area contributed by atoms with Crippen LogP contribution in [0.5, 0.6) is 0 Å². The van der Waals surface area contributed by atoms with Crippen LogP contribution >= 0.6 is 0 Å². The van der Waals surface area contributed by atoms with E-state index in [1.54, 1.807) is 36.4 Å². The second-order valence-corrected chi connectivity index (χ2v) is 7.76. The zero-order chi connectivity index (χ0) is 25.1. The molecule has 2 aromatic carbocycles. The molecule has 2 atom stereocenters. The highest BCUT2D eigenvalue weighted by Gasteiger charge is 2.25. The van der Waals surface area contributed by atoms with Gasteiger partial charge in [0, 0.05) is 22.4 Å². The third-order valence-electron chi connectivity index (χ3n) is 4.82. The van der Waals surface area contributed by atoms with Gasteiger partial charge in [0.2, 0.25) is 5.91 Å². The molecule has 0 heterocycles. The molecule has 9 heteroatoms. The highest BCUT2D eigenvalue weighted by molar-refractivity contribution is 5.98. The van der Waals surface area contributed by atoms with Crippen molar-refractivity contribution in [3.05, 3.63) is 65.2 Å². The van der Waals surface area contributed by atoms with E-state index >= 15 is 0 Å². The normalized spacial score (nSPS) is 12.3. The number of carbonyl (C=O) groups is 3. The molecular weight excluding hydrogens is 436 g/mol. The van der Waals surface area contributed by atoms with E-state index in [-0.39, 0.29) is 11.5 Å². The van der Waals surface area contributed by atoms with Crippen LogP contribution in [0.15, 0.2) is 48.5 Å². The first-order chi connectivity index (χ1) is 16.2. The fourth-order valence-corrected chi connectivity index (χ4v) is 3.07. The molecule has 0 spiro atoms. The van der Waals surface area contributed by atoms with Crippen molar-refractivity contribution in [1.82, 2.24) is 10.2 Å². The van der Waals surface area contributed by atoms with E-state index in [9.17, 15) is 19.5 Å². The number of rotatable bonds is 10. The Balaban J connectivity index is 1.97. The summed E-state index contributed by atoms with van der Waals surface area (Å²) in [6.07, 6.45) is -0.645. The molecule has 0 aliphatic rings. The van der Waals surface area contributed by atoms with E-state index < -0.39 is 30.6 Å². The number of nitrogens with zero attached hydrogens (tertiary/aromatic N) is 1. The summed E-state index contributed by atoms with van der Waals surface area (Å²) in [5.74, 6) is 4.52. The first-order valence-electron chi connectivity index (χ1n) is 10.8. The lowest BCUT2D eigenvalue weighted by Gasteiger charge is -2.19. The van der Waals surface area contributed by atoms with Crippen molar-refractivity contribution in [2.75, 3.05) is 32.1 Å². The molecule has 34 heavy (non-hydrogen) atoms. The summed E-state index contributed by atoms with van der Waals surface area (Å²) in [6.45, 7) is 2.40. The van der Waals surface area contributed by atoms with Gasteiger partial charge in [-0.25, -0.2) is 0 Å². The van der Waals surface area contributed by atoms with Gasteiger partial charge >= 0.3 is 0 Å². The van der Waals surface area contributed by atoms with Crippen molar-refractivity contribution < 1.29 is 24.6 Å². The number of ketones is 1. The Morgan fingerprint density at radius 1 is 1.03 bits per heavy atom. The topological polar surface area (TPSA) is 145 Å². The second kappa shape index (κ2) is 13.2. The van der Waals surface area contributed by atoms with Gasteiger partial charge in [-0.1, -0.05) is 18.8 Å². The summed E-state index contributed by atoms with van der Waals surface area (Å²) < 4.78 is 0. The first kappa shape index (κ1) is 26.7. The molecule has 0 radical (unpaired) electrons. The van der Waals surface area contributed by atoms with E-state index in [0.29, 0.717) is 17.8 Å². The van der Waals surface area contributed by atoms with Gasteiger partial charge in [-0.15, -0.1) is 0 Å². The number of carbonyl (C=O) groups excluding carboxylic acids is 3. The maximum atomic E-state index is 12.3. The van der Waals surface area contributed by atoms with Crippen LogP contribution in [0, 0.1) is 11.8 Å². The molecule has 9 nitrogen and oxygen atoms in total. The number of aliphatic hydroxyl groups is 2. The molecule has 6 N–H and O–H groups in total. The Morgan fingerprint density at radius 2 is 1.59 bits per heavy atom. The highest BCUT2D eigenvalue weighted by Crippen LogP contribution is 2.10. The number of hydrogen-bond acceptors (Lipinski definition) is 7. The van der Waals surface area contributed by atoms with Crippen molar-refractivity contribution in [1.29, 1.82) is 0 Å². The molecular formula is C25H30N4O5. The monoisotopic (exact) mass is 466 g/mol. The lowest BCUT2D eigenvalue weighted by molar-refractivity contribution is -0.126. The molecule has 2 amide bonds. The van der Waals surface area contributed by atoms with Crippen LogP contribution in [0.4, 0.5) is 5.69 Å². The standard InChI is InChI=1S/C25H30N4O5/c1-3-14-29(2)15-22(32)27-20-12-8-18(9-13-20)5-4-17-6-10-19(11-7-17)25(34)28-23(24(26)33)21(31)16-30/h6-13,23-24,30,33H,3,14-16,26H2,1-2H3,(H,27,32)(H,28,34)/t23-,24+/m1/s1. The number of anilines is 1. The maximum absolute atomic E-state index is 12.3. The van der Waals surface area contributed by atoms with Crippen molar-refractivity contribution in [2.45, 2.75) is 25.6 Å². The number of aliphatic hydroxyl groups excluding tert-OH is 2. The summed E-state index contributed by atoms with van der Waals surface area (Å²) in [7, 11) is 1.90. The van der Waals surface area contributed by atoms with Gasteiger partial charge in [0.15, 0.2) is 5.78 Å². The van der Waals surface area contributed by atoms with Crippen LogP contribution in [0.2, 0.25) is 0 Å². The summed E-state index contributed by atoms with van der Waals surface area (Å²) in [5, 5.41) is 23.5. The van der Waals surface area contributed by atoms with Crippen LogP contribution < -0.4 is 16.4 Å². The predicted molar refractivity (Wildman–Crippen MR) is 129 cm³/mol. The van der Waals surface area contributed by atoms with Crippen LogP contribution in [0.3, 0.4) is 0 Å². The summed E-state index contributed by atoms with van der Waals surface area (Å²) in [5.41, 5.74) is 7.64. The Morgan fingerprint density at radius 3 is 2.09 bits per heavy atom. The summed E-state index contributed by atoms with van der Waals surface area (Å²) in [6, 6.07) is 12.1. The molecule has 0 fully saturated rings. The number of likely N-dealkylation sites (N-methyl/N-ethyl adjacent to an activating group) is 1. The van der Waals surface area contributed by atoms with Gasteiger partial charge in [0.05, 0.1) is 6.54 Å². The summed E-state index contributed by atoms with van der Waals surface area (Å²) in [4.78, 5) is 37.9. The number of amides is 2. The number of Topliss-reactive ketones (excluding diaryl/α,β-unsaturated/α-hetero) is 1. The molecule has 0 unspecified atom stereocenters. The Labute approximate surface area is 199 Å².